The van der Waals surface area contributed by atoms with E-state index in [9.17, 15) is 9.90 Å². The number of hydrogen-bond donors (Lipinski definition) is 3. The van der Waals surface area contributed by atoms with Crippen molar-refractivity contribution in [2.24, 2.45) is 0 Å². The van der Waals surface area contributed by atoms with Crippen LogP contribution in [-0.2, 0) is 18.4 Å². The van der Waals surface area contributed by atoms with Gasteiger partial charge in [0, 0.05) is 23.8 Å². The molecule has 2 rings (SSSR count). The SMILES string of the molecule is CCc1cccc(CC)c1NC(=O)NSc1ncc(C(C)(C)O)s1. The lowest BCUT2D eigenvalue weighted by Gasteiger charge is -2.14. The highest BCUT2D eigenvalue weighted by Gasteiger charge is 2.20. The molecule has 7 heteroatoms. The van der Waals surface area contributed by atoms with Gasteiger partial charge in [-0.05, 0) is 37.8 Å². The van der Waals surface area contributed by atoms with Gasteiger partial charge >= 0.3 is 6.03 Å². The first kappa shape index (κ1) is 18.8. The molecule has 0 saturated heterocycles. The first-order valence-corrected chi connectivity index (χ1v) is 9.51. The minimum atomic E-state index is -0.922. The van der Waals surface area contributed by atoms with Gasteiger partial charge in [0.2, 0.25) is 0 Å². The fourth-order valence-corrected chi connectivity index (χ4v) is 3.77. The van der Waals surface area contributed by atoms with E-state index in [0.29, 0.717) is 4.34 Å². The van der Waals surface area contributed by atoms with Gasteiger partial charge in [-0.3, -0.25) is 4.72 Å². The fourth-order valence-electron chi connectivity index (χ4n) is 2.22. The van der Waals surface area contributed by atoms with E-state index in [1.165, 1.54) is 11.3 Å². The first-order valence-electron chi connectivity index (χ1n) is 7.88. The molecule has 0 aliphatic carbocycles. The van der Waals surface area contributed by atoms with Crippen LogP contribution in [0.5, 0.6) is 0 Å². The van der Waals surface area contributed by atoms with Crippen LogP contribution >= 0.6 is 23.3 Å². The number of urea groups is 1. The van der Waals surface area contributed by atoms with Crippen LogP contribution in [0.1, 0.15) is 43.7 Å². The molecule has 0 atom stereocenters. The van der Waals surface area contributed by atoms with Crippen molar-refractivity contribution in [2.45, 2.75) is 50.5 Å². The summed E-state index contributed by atoms with van der Waals surface area (Å²) >= 11 is 2.51. The van der Waals surface area contributed by atoms with E-state index in [-0.39, 0.29) is 6.03 Å². The normalized spacial score (nSPS) is 11.4. The Morgan fingerprint density at radius 2 is 1.92 bits per heavy atom. The Morgan fingerprint density at radius 1 is 1.29 bits per heavy atom. The third-order valence-corrected chi connectivity index (χ3v) is 5.73. The maximum absolute atomic E-state index is 12.2. The summed E-state index contributed by atoms with van der Waals surface area (Å²) in [6.45, 7) is 7.56. The molecule has 1 aromatic heterocycles. The van der Waals surface area contributed by atoms with Crippen molar-refractivity contribution in [1.29, 1.82) is 0 Å². The highest BCUT2D eigenvalue weighted by molar-refractivity contribution is 7.99. The largest absolute Gasteiger partial charge is 0.385 e. The minimum absolute atomic E-state index is 0.282. The summed E-state index contributed by atoms with van der Waals surface area (Å²) in [5.41, 5.74) is 2.20. The molecule has 0 aliphatic heterocycles. The van der Waals surface area contributed by atoms with Gasteiger partial charge in [-0.1, -0.05) is 32.0 Å². The molecule has 0 unspecified atom stereocenters. The van der Waals surface area contributed by atoms with E-state index in [1.807, 2.05) is 18.2 Å². The molecule has 0 aliphatic rings. The lowest BCUT2D eigenvalue weighted by molar-refractivity contribution is 0.0823. The summed E-state index contributed by atoms with van der Waals surface area (Å²) in [5, 5.41) is 12.9. The van der Waals surface area contributed by atoms with E-state index in [4.69, 9.17) is 0 Å². The standard InChI is InChI=1S/C17H23N3O2S2/c1-5-11-8-7-9-12(6-2)14(11)19-15(21)20-24-16-18-10-13(23-16)17(3,4)22/h7-10,22H,5-6H2,1-4H3,(H2,19,20,21). The molecular formula is C17H23N3O2S2. The van der Waals surface area contributed by atoms with Crippen LogP contribution < -0.4 is 10.0 Å². The van der Waals surface area contributed by atoms with Crippen LogP contribution in [-0.4, -0.2) is 16.1 Å². The van der Waals surface area contributed by atoms with Gasteiger partial charge in [0.15, 0.2) is 4.34 Å². The Labute approximate surface area is 151 Å². The number of nitrogens with one attached hydrogen (secondary N) is 2. The van der Waals surface area contributed by atoms with Crippen LogP contribution in [0.4, 0.5) is 10.5 Å². The molecule has 5 nitrogen and oxygen atoms in total. The van der Waals surface area contributed by atoms with Crippen LogP contribution in [0.15, 0.2) is 28.7 Å². The average molecular weight is 366 g/mol. The van der Waals surface area contributed by atoms with Crippen molar-refractivity contribution in [3.8, 4) is 0 Å². The number of carbonyl (C=O) groups excluding carboxylic acids is 1. The Hall–Kier alpha value is -1.57. The van der Waals surface area contributed by atoms with Gasteiger partial charge in [-0.2, -0.15) is 0 Å². The fraction of sp³-hybridized carbons (Fsp3) is 0.412. The van der Waals surface area contributed by atoms with Crippen LogP contribution in [0.2, 0.25) is 0 Å². The summed E-state index contributed by atoms with van der Waals surface area (Å²) in [4.78, 5) is 17.2. The van der Waals surface area contributed by atoms with Crippen LogP contribution in [0.25, 0.3) is 0 Å². The molecule has 0 radical (unpaired) electrons. The molecule has 2 aromatic rings. The van der Waals surface area contributed by atoms with E-state index in [2.05, 4.69) is 28.9 Å². The molecule has 0 saturated carbocycles. The molecule has 130 valence electrons. The van der Waals surface area contributed by atoms with Gasteiger partial charge in [0.05, 0.1) is 10.5 Å². The number of aromatic nitrogens is 1. The van der Waals surface area contributed by atoms with Gasteiger partial charge in [0.1, 0.15) is 0 Å². The molecule has 1 aromatic carbocycles. The number of nitrogens with zero attached hydrogens (tertiary/aromatic N) is 1. The van der Waals surface area contributed by atoms with Crippen molar-refractivity contribution in [3.63, 3.8) is 0 Å². The monoisotopic (exact) mass is 365 g/mol. The van der Waals surface area contributed by atoms with Gasteiger partial charge < -0.3 is 10.4 Å². The Morgan fingerprint density at radius 3 is 2.42 bits per heavy atom. The predicted molar refractivity (Wildman–Crippen MR) is 101 cm³/mol. The molecule has 1 heterocycles. The number of carbonyl (C=O) groups is 1. The zero-order valence-electron chi connectivity index (χ0n) is 14.3. The van der Waals surface area contributed by atoms with Crippen molar-refractivity contribution >= 4 is 35.0 Å². The van der Waals surface area contributed by atoms with Crippen molar-refractivity contribution in [3.05, 3.63) is 40.4 Å². The number of anilines is 1. The third kappa shape index (κ3) is 4.72. The lowest BCUT2D eigenvalue weighted by Crippen LogP contribution is -2.24. The predicted octanol–water partition coefficient (Wildman–Crippen LogP) is 4.32. The van der Waals surface area contributed by atoms with E-state index < -0.39 is 5.60 Å². The maximum Gasteiger partial charge on any atom is 0.329 e. The minimum Gasteiger partial charge on any atom is -0.385 e. The number of para-hydroxylation sites is 1. The molecule has 0 fully saturated rings. The second-order valence-corrected chi connectivity index (χ2v) is 7.95. The number of rotatable bonds is 6. The van der Waals surface area contributed by atoms with E-state index >= 15 is 0 Å². The van der Waals surface area contributed by atoms with E-state index in [1.54, 1.807) is 20.0 Å². The molecular weight excluding hydrogens is 342 g/mol. The van der Waals surface area contributed by atoms with Gasteiger partial charge in [0.25, 0.3) is 0 Å². The number of benzene rings is 1. The number of thiazole rings is 1. The quantitative estimate of drug-likeness (QED) is 0.666. The molecule has 2 amide bonds. The average Bonchev–Trinajstić information content (AvgIpc) is 3.02. The zero-order valence-corrected chi connectivity index (χ0v) is 16.0. The van der Waals surface area contributed by atoms with Crippen LogP contribution in [0, 0.1) is 0 Å². The van der Waals surface area contributed by atoms with Gasteiger partial charge in [-0.25, -0.2) is 9.78 Å². The smallest absolute Gasteiger partial charge is 0.329 e. The Balaban J connectivity index is 2.00. The maximum atomic E-state index is 12.2. The lowest BCUT2D eigenvalue weighted by atomic mass is 10.0. The second kappa shape index (κ2) is 8.00. The second-order valence-electron chi connectivity index (χ2n) is 5.87. The Kier molecular flexibility index (Phi) is 6.26. The summed E-state index contributed by atoms with van der Waals surface area (Å²) in [6, 6.07) is 5.79. The highest BCUT2D eigenvalue weighted by Crippen LogP contribution is 2.30. The van der Waals surface area contributed by atoms with Gasteiger partial charge in [-0.15, -0.1) is 11.3 Å². The molecule has 0 spiro atoms. The molecule has 24 heavy (non-hydrogen) atoms. The summed E-state index contributed by atoms with van der Waals surface area (Å²) in [5.74, 6) is 0. The summed E-state index contributed by atoms with van der Waals surface area (Å²) in [7, 11) is 0. The van der Waals surface area contributed by atoms with Crippen LogP contribution in [0.3, 0.4) is 0 Å². The number of hydrogen-bond acceptors (Lipinski definition) is 5. The van der Waals surface area contributed by atoms with Crippen molar-refractivity contribution in [2.75, 3.05) is 5.32 Å². The van der Waals surface area contributed by atoms with E-state index in [0.717, 1.165) is 46.5 Å². The number of amides is 2. The zero-order chi connectivity index (χ0) is 17.7. The summed E-state index contributed by atoms with van der Waals surface area (Å²) in [6.07, 6.45) is 3.35. The van der Waals surface area contributed by atoms with Crippen molar-refractivity contribution in [1.82, 2.24) is 9.71 Å². The summed E-state index contributed by atoms with van der Waals surface area (Å²) < 4.78 is 3.43. The van der Waals surface area contributed by atoms with Crippen molar-refractivity contribution < 1.29 is 9.90 Å². The number of aliphatic hydroxyl groups is 1. The Bertz CT molecular complexity index is 686. The molecule has 3 N–H and O–H groups in total. The molecule has 0 bridgehead atoms. The topological polar surface area (TPSA) is 74.2 Å². The highest BCUT2D eigenvalue weighted by atomic mass is 32.2. The number of aryl methyl sites for hydroxylation is 2. The first-order chi connectivity index (χ1) is 11.3. The third-order valence-electron chi connectivity index (χ3n) is 3.56.